The van der Waals surface area contributed by atoms with Gasteiger partial charge in [0.2, 0.25) is 0 Å². The molecule has 0 amide bonds. The largest absolute Gasteiger partial charge is 0.492 e. The Morgan fingerprint density at radius 2 is 2.10 bits per heavy atom. The fourth-order valence-corrected chi connectivity index (χ4v) is 2.66. The Kier molecular flexibility index (Phi) is 9.55. The second-order valence-corrected chi connectivity index (χ2v) is 6.33. The van der Waals surface area contributed by atoms with E-state index in [0.29, 0.717) is 6.04 Å². The van der Waals surface area contributed by atoms with Crippen LogP contribution in [0.25, 0.3) is 0 Å². The van der Waals surface area contributed by atoms with Gasteiger partial charge in [-0.05, 0) is 45.0 Å². The van der Waals surface area contributed by atoms with Gasteiger partial charge in [0.1, 0.15) is 12.4 Å². The van der Waals surface area contributed by atoms with Gasteiger partial charge in [0.25, 0.3) is 0 Å². The summed E-state index contributed by atoms with van der Waals surface area (Å²) in [4.78, 5) is 2.38. The summed E-state index contributed by atoms with van der Waals surface area (Å²) in [5.74, 6) is 2.22. The second kappa shape index (κ2) is 10.9. The highest BCUT2D eigenvalue weighted by Crippen LogP contribution is 2.17. The number of benzene rings is 1. The Bertz CT molecular complexity index is 387. The van der Waals surface area contributed by atoms with Crippen LogP contribution < -0.4 is 10.1 Å². The Hall–Kier alpha value is -0.710. The lowest BCUT2D eigenvalue weighted by Gasteiger charge is -2.24. The molecule has 0 spiro atoms. The van der Waals surface area contributed by atoms with Crippen molar-refractivity contribution in [2.75, 3.05) is 38.8 Å². The van der Waals surface area contributed by atoms with E-state index >= 15 is 0 Å². The number of hydrogen-bond acceptors (Lipinski definition) is 4. The van der Waals surface area contributed by atoms with Crippen LogP contribution in [-0.4, -0.2) is 49.7 Å². The zero-order valence-corrected chi connectivity index (χ0v) is 14.7. The second-order valence-electron chi connectivity index (χ2n) is 5.35. The molecule has 21 heavy (non-hydrogen) atoms. The quantitative estimate of drug-likeness (QED) is 0.678. The maximum absolute atomic E-state index is 5.97. The maximum Gasteiger partial charge on any atom is 0.123 e. The first-order chi connectivity index (χ1) is 10.2. The van der Waals surface area contributed by atoms with Crippen molar-refractivity contribution in [3.05, 3.63) is 29.8 Å². The van der Waals surface area contributed by atoms with Gasteiger partial charge in [0.05, 0.1) is 0 Å². The summed E-state index contributed by atoms with van der Waals surface area (Å²) in [5, 5.41) is 3.35. The minimum atomic E-state index is 0.609. The number of nitrogens with zero attached hydrogens (tertiary/aromatic N) is 1. The third kappa shape index (κ3) is 7.21. The molecule has 0 saturated heterocycles. The van der Waals surface area contributed by atoms with Gasteiger partial charge in [0, 0.05) is 24.7 Å². The molecular formula is C17H30N2OS. The summed E-state index contributed by atoms with van der Waals surface area (Å²) in [6, 6.07) is 8.90. The molecule has 0 aliphatic rings. The van der Waals surface area contributed by atoms with E-state index in [-0.39, 0.29) is 0 Å². The fraction of sp³-hybridized carbons (Fsp3) is 0.647. The normalized spacial score (nSPS) is 12.6. The third-order valence-corrected chi connectivity index (χ3v) is 4.38. The van der Waals surface area contributed by atoms with Gasteiger partial charge < -0.3 is 15.0 Å². The van der Waals surface area contributed by atoms with Crippen LogP contribution in [0.1, 0.15) is 25.8 Å². The molecule has 1 N–H and O–H groups in total. The van der Waals surface area contributed by atoms with Gasteiger partial charge in [-0.3, -0.25) is 0 Å². The van der Waals surface area contributed by atoms with Gasteiger partial charge in [0.15, 0.2) is 0 Å². The van der Waals surface area contributed by atoms with Crippen LogP contribution >= 0.6 is 11.8 Å². The van der Waals surface area contributed by atoms with Gasteiger partial charge >= 0.3 is 0 Å². The highest BCUT2D eigenvalue weighted by molar-refractivity contribution is 7.98. The van der Waals surface area contributed by atoms with E-state index in [9.17, 15) is 0 Å². The van der Waals surface area contributed by atoms with Crippen molar-refractivity contribution in [1.29, 1.82) is 0 Å². The summed E-state index contributed by atoms with van der Waals surface area (Å²) in [6.07, 6.45) is 3.39. The van der Waals surface area contributed by atoms with Crippen molar-refractivity contribution >= 4 is 11.8 Å². The molecule has 1 rings (SSSR count). The molecule has 1 aromatic rings. The molecule has 1 atom stereocenters. The molecule has 0 saturated carbocycles. The molecule has 0 aliphatic heterocycles. The lowest BCUT2D eigenvalue weighted by molar-refractivity contribution is 0.196. The highest BCUT2D eigenvalue weighted by atomic mass is 32.2. The Balaban J connectivity index is 2.37. The SMILES string of the molecule is CCNCc1ccccc1OCCN(C)C(C)CCSC. The zero-order valence-electron chi connectivity index (χ0n) is 13.9. The molecule has 0 radical (unpaired) electrons. The molecule has 0 fully saturated rings. The topological polar surface area (TPSA) is 24.5 Å². The zero-order chi connectivity index (χ0) is 15.5. The summed E-state index contributed by atoms with van der Waals surface area (Å²) in [5.41, 5.74) is 1.23. The van der Waals surface area contributed by atoms with E-state index in [1.54, 1.807) is 0 Å². The van der Waals surface area contributed by atoms with Crippen molar-refractivity contribution < 1.29 is 4.74 Å². The maximum atomic E-state index is 5.97. The molecule has 1 unspecified atom stereocenters. The molecule has 4 heteroatoms. The first kappa shape index (κ1) is 18.3. The predicted molar refractivity (Wildman–Crippen MR) is 94.4 cm³/mol. The number of para-hydroxylation sites is 1. The van der Waals surface area contributed by atoms with Crippen molar-refractivity contribution in [2.45, 2.75) is 32.9 Å². The summed E-state index contributed by atoms with van der Waals surface area (Å²) in [7, 11) is 2.18. The van der Waals surface area contributed by atoms with Gasteiger partial charge in [-0.25, -0.2) is 0 Å². The van der Waals surface area contributed by atoms with E-state index in [1.165, 1.54) is 17.7 Å². The highest BCUT2D eigenvalue weighted by Gasteiger charge is 2.09. The number of thioether (sulfide) groups is 1. The average Bonchev–Trinajstić information content (AvgIpc) is 2.51. The van der Waals surface area contributed by atoms with Gasteiger partial charge in [-0.2, -0.15) is 11.8 Å². The van der Waals surface area contributed by atoms with Crippen LogP contribution in [-0.2, 0) is 6.54 Å². The van der Waals surface area contributed by atoms with Crippen molar-refractivity contribution in [3.63, 3.8) is 0 Å². The lowest BCUT2D eigenvalue weighted by atomic mass is 10.2. The van der Waals surface area contributed by atoms with Crippen molar-refractivity contribution in [2.24, 2.45) is 0 Å². The minimum absolute atomic E-state index is 0.609. The molecule has 1 aromatic carbocycles. The van der Waals surface area contributed by atoms with E-state index in [0.717, 1.165) is 32.0 Å². The van der Waals surface area contributed by atoms with Crippen LogP contribution in [0.4, 0.5) is 0 Å². The number of likely N-dealkylation sites (N-methyl/N-ethyl adjacent to an activating group) is 1. The molecule has 120 valence electrons. The number of ether oxygens (including phenoxy) is 1. The molecule has 0 aliphatic carbocycles. The first-order valence-corrected chi connectivity index (χ1v) is 9.19. The molecule has 3 nitrogen and oxygen atoms in total. The molecule has 0 aromatic heterocycles. The first-order valence-electron chi connectivity index (χ1n) is 7.79. The van der Waals surface area contributed by atoms with Gasteiger partial charge in [-0.15, -0.1) is 0 Å². The number of hydrogen-bond donors (Lipinski definition) is 1. The van der Waals surface area contributed by atoms with E-state index in [4.69, 9.17) is 4.74 Å². The Morgan fingerprint density at radius 1 is 1.33 bits per heavy atom. The van der Waals surface area contributed by atoms with E-state index < -0.39 is 0 Å². The van der Waals surface area contributed by atoms with Crippen LogP contribution in [0, 0.1) is 0 Å². The summed E-state index contributed by atoms with van der Waals surface area (Å²) in [6.45, 7) is 7.95. The third-order valence-electron chi connectivity index (χ3n) is 3.73. The summed E-state index contributed by atoms with van der Waals surface area (Å²) < 4.78 is 5.97. The van der Waals surface area contributed by atoms with Crippen LogP contribution in [0.3, 0.4) is 0 Å². The number of rotatable bonds is 11. The smallest absolute Gasteiger partial charge is 0.123 e. The van der Waals surface area contributed by atoms with Crippen LogP contribution in [0.15, 0.2) is 24.3 Å². The Morgan fingerprint density at radius 3 is 2.81 bits per heavy atom. The molecule has 0 bridgehead atoms. The Labute approximate surface area is 134 Å². The molecular weight excluding hydrogens is 280 g/mol. The standard InChI is InChI=1S/C17H30N2OS/c1-5-18-14-16-8-6-7-9-17(16)20-12-11-19(3)15(2)10-13-21-4/h6-9,15,18H,5,10-14H2,1-4H3. The van der Waals surface area contributed by atoms with Crippen molar-refractivity contribution in [1.82, 2.24) is 10.2 Å². The minimum Gasteiger partial charge on any atom is -0.492 e. The van der Waals surface area contributed by atoms with Crippen LogP contribution in [0.5, 0.6) is 5.75 Å². The average molecular weight is 311 g/mol. The van der Waals surface area contributed by atoms with Crippen LogP contribution in [0.2, 0.25) is 0 Å². The lowest BCUT2D eigenvalue weighted by Crippen LogP contribution is -2.33. The van der Waals surface area contributed by atoms with Gasteiger partial charge in [-0.1, -0.05) is 25.1 Å². The fourth-order valence-electron chi connectivity index (χ4n) is 2.08. The number of nitrogens with one attached hydrogen (secondary N) is 1. The predicted octanol–water partition coefficient (Wildman–Crippen LogP) is 3.25. The molecule has 0 heterocycles. The van der Waals surface area contributed by atoms with Crippen molar-refractivity contribution in [3.8, 4) is 5.75 Å². The van der Waals surface area contributed by atoms with E-state index in [1.807, 2.05) is 17.8 Å². The van der Waals surface area contributed by atoms with E-state index in [2.05, 4.69) is 55.6 Å². The monoisotopic (exact) mass is 310 g/mol. The summed E-state index contributed by atoms with van der Waals surface area (Å²) >= 11 is 1.91.